The summed E-state index contributed by atoms with van der Waals surface area (Å²) in [4.78, 5) is 33.4. The summed E-state index contributed by atoms with van der Waals surface area (Å²) in [5.74, 6) is -1.87. The lowest BCUT2D eigenvalue weighted by Crippen LogP contribution is -2.45. The minimum Gasteiger partial charge on any atom is -0.495 e. The number of anilines is 1. The molecule has 0 radical (unpaired) electrons. The van der Waals surface area contributed by atoms with Gasteiger partial charge < -0.3 is 26.2 Å². The summed E-state index contributed by atoms with van der Waals surface area (Å²) in [5.41, 5.74) is 5.17. The van der Waals surface area contributed by atoms with Crippen molar-refractivity contribution in [2.75, 3.05) is 12.4 Å². The number of halogens is 1. The molecular weight excluding hydrogens is 302 g/mol. The SMILES string of the molecule is COc1ccc(Cl)cc1NC(=O)N[C@H](CC(N)=O)C(=O)O. The first-order valence-corrected chi connectivity index (χ1v) is 6.13. The molecule has 0 aliphatic carbocycles. The average Bonchev–Trinajstić information content (AvgIpc) is 2.37. The lowest BCUT2D eigenvalue weighted by molar-refractivity contribution is -0.140. The molecule has 114 valence electrons. The number of nitrogens with one attached hydrogen (secondary N) is 2. The number of nitrogens with two attached hydrogens (primary N) is 1. The van der Waals surface area contributed by atoms with Gasteiger partial charge in [0.05, 0.1) is 19.2 Å². The number of hydrogen-bond acceptors (Lipinski definition) is 4. The quantitative estimate of drug-likeness (QED) is 0.616. The van der Waals surface area contributed by atoms with Crippen LogP contribution < -0.4 is 21.1 Å². The lowest BCUT2D eigenvalue weighted by atomic mass is 10.2. The number of benzene rings is 1. The Hall–Kier alpha value is -2.48. The first kappa shape index (κ1) is 16.6. The molecule has 0 heterocycles. The van der Waals surface area contributed by atoms with Gasteiger partial charge >= 0.3 is 12.0 Å². The smallest absolute Gasteiger partial charge is 0.326 e. The number of primary amides is 1. The van der Waals surface area contributed by atoms with E-state index in [0.717, 1.165) is 0 Å². The number of hydrogen-bond donors (Lipinski definition) is 4. The maximum atomic E-state index is 11.8. The third-order valence-electron chi connectivity index (χ3n) is 2.42. The van der Waals surface area contributed by atoms with Crippen molar-refractivity contribution in [2.45, 2.75) is 12.5 Å². The van der Waals surface area contributed by atoms with Crippen LogP contribution in [0.4, 0.5) is 10.5 Å². The molecule has 1 aromatic carbocycles. The van der Waals surface area contributed by atoms with Crippen LogP contribution in [-0.4, -0.2) is 36.2 Å². The Labute approximate surface area is 125 Å². The Morgan fingerprint density at radius 3 is 2.62 bits per heavy atom. The summed E-state index contributed by atoms with van der Waals surface area (Å²) in [6.45, 7) is 0. The molecule has 5 N–H and O–H groups in total. The second kappa shape index (κ2) is 7.34. The van der Waals surface area contributed by atoms with Crippen LogP contribution in [0.25, 0.3) is 0 Å². The van der Waals surface area contributed by atoms with Gasteiger partial charge in [-0.2, -0.15) is 0 Å². The van der Waals surface area contributed by atoms with Gasteiger partial charge in [0.25, 0.3) is 0 Å². The lowest BCUT2D eigenvalue weighted by Gasteiger charge is -2.15. The minimum absolute atomic E-state index is 0.255. The number of methoxy groups -OCH3 is 1. The Morgan fingerprint density at radius 1 is 1.43 bits per heavy atom. The molecule has 0 bridgehead atoms. The number of urea groups is 1. The van der Waals surface area contributed by atoms with Gasteiger partial charge in [0, 0.05) is 5.02 Å². The molecule has 1 atom stereocenters. The highest BCUT2D eigenvalue weighted by atomic mass is 35.5. The van der Waals surface area contributed by atoms with E-state index in [9.17, 15) is 14.4 Å². The standard InChI is InChI=1S/C12H14ClN3O5/c1-21-9-3-2-6(13)4-7(9)15-12(20)16-8(11(18)19)5-10(14)17/h2-4,8H,5H2,1H3,(H2,14,17)(H,18,19)(H2,15,16,20)/t8-/m1/s1. The van der Waals surface area contributed by atoms with Crippen LogP contribution >= 0.6 is 11.6 Å². The third kappa shape index (κ3) is 5.19. The third-order valence-corrected chi connectivity index (χ3v) is 2.65. The Kier molecular flexibility index (Phi) is 5.79. The number of aliphatic carboxylic acids is 1. The average molecular weight is 316 g/mol. The highest BCUT2D eigenvalue weighted by molar-refractivity contribution is 6.31. The number of carboxylic acid groups (broad SMARTS) is 1. The van der Waals surface area contributed by atoms with E-state index in [1.165, 1.54) is 19.2 Å². The van der Waals surface area contributed by atoms with Gasteiger partial charge in [-0.05, 0) is 18.2 Å². The Bertz CT molecular complexity index is 564. The molecule has 0 fully saturated rings. The van der Waals surface area contributed by atoms with E-state index in [4.69, 9.17) is 27.2 Å². The van der Waals surface area contributed by atoms with Crippen LogP contribution in [0.5, 0.6) is 5.75 Å². The zero-order valence-electron chi connectivity index (χ0n) is 11.1. The van der Waals surface area contributed by atoms with Crippen molar-refractivity contribution in [1.29, 1.82) is 0 Å². The molecule has 3 amide bonds. The molecule has 21 heavy (non-hydrogen) atoms. The van der Waals surface area contributed by atoms with E-state index in [1.807, 2.05) is 0 Å². The largest absolute Gasteiger partial charge is 0.495 e. The van der Waals surface area contributed by atoms with Crippen molar-refractivity contribution in [2.24, 2.45) is 5.73 Å². The predicted octanol–water partition coefficient (Wildman–Crippen LogP) is 0.799. The molecular formula is C12H14ClN3O5. The normalized spacial score (nSPS) is 11.3. The van der Waals surface area contributed by atoms with E-state index >= 15 is 0 Å². The molecule has 0 aromatic heterocycles. The van der Waals surface area contributed by atoms with Crippen LogP contribution in [0.1, 0.15) is 6.42 Å². The van der Waals surface area contributed by atoms with Crippen LogP contribution in [0, 0.1) is 0 Å². The molecule has 0 saturated heterocycles. The number of rotatable bonds is 6. The summed E-state index contributed by atoms with van der Waals surface area (Å²) in [6.07, 6.45) is -0.518. The van der Waals surface area contributed by atoms with Crippen LogP contribution in [0.15, 0.2) is 18.2 Å². The van der Waals surface area contributed by atoms with Crippen molar-refractivity contribution in [3.05, 3.63) is 23.2 Å². The van der Waals surface area contributed by atoms with Crippen molar-refractivity contribution >= 4 is 35.2 Å². The van der Waals surface area contributed by atoms with E-state index < -0.39 is 30.4 Å². The molecule has 0 saturated carbocycles. The Balaban J connectivity index is 2.78. The fourth-order valence-corrected chi connectivity index (χ4v) is 1.67. The van der Waals surface area contributed by atoms with Gasteiger partial charge in [-0.15, -0.1) is 0 Å². The highest BCUT2D eigenvalue weighted by Gasteiger charge is 2.22. The first-order valence-electron chi connectivity index (χ1n) is 5.75. The van der Waals surface area contributed by atoms with Crippen LogP contribution in [-0.2, 0) is 9.59 Å². The molecule has 0 spiro atoms. The molecule has 0 aliphatic heterocycles. The number of carbonyl (C=O) groups is 3. The zero-order valence-corrected chi connectivity index (χ0v) is 11.8. The summed E-state index contributed by atoms with van der Waals surface area (Å²) >= 11 is 5.80. The molecule has 1 rings (SSSR count). The summed E-state index contributed by atoms with van der Waals surface area (Å²) in [6, 6.07) is 2.29. The summed E-state index contributed by atoms with van der Waals surface area (Å²) in [7, 11) is 1.40. The maximum Gasteiger partial charge on any atom is 0.326 e. The zero-order chi connectivity index (χ0) is 16.0. The Morgan fingerprint density at radius 2 is 2.10 bits per heavy atom. The van der Waals surface area contributed by atoms with E-state index in [-0.39, 0.29) is 5.69 Å². The topological polar surface area (TPSA) is 131 Å². The highest BCUT2D eigenvalue weighted by Crippen LogP contribution is 2.27. The summed E-state index contributed by atoms with van der Waals surface area (Å²) in [5, 5.41) is 13.7. The molecule has 8 nitrogen and oxygen atoms in total. The van der Waals surface area contributed by atoms with Crippen LogP contribution in [0.2, 0.25) is 5.02 Å². The van der Waals surface area contributed by atoms with Gasteiger partial charge in [0.2, 0.25) is 5.91 Å². The molecule has 0 unspecified atom stereocenters. The van der Waals surface area contributed by atoms with Gasteiger partial charge in [0.15, 0.2) is 0 Å². The van der Waals surface area contributed by atoms with Gasteiger partial charge in [-0.1, -0.05) is 11.6 Å². The second-order valence-corrected chi connectivity index (χ2v) is 4.44. The summed E-state index contributed by atoms with van der Waals surface area (Å²) < 4.78 is 5.03. The van der Waals surface area contributed by atoms with Crippen molar-refractivity contribution in [3.8, 4) is 5.75 Å². The fraction of sp³-hybridized carbons (Fsp3) is 0.250. The first-order chi connectivity index (χ1) is 9.83. The van der Waals surface area contributed by atoms with Crippen molar-refractivity contribution in [3.63, 3.8) is 0 Å². The number of ether oxygens (including phenoxy) is 1. The van der Waals surface area contributed by atoms with E-state index in [2.05, 4.69) is 10.6 Å². The van der Waals surface area contributed by atoms with Crippen molar-refractivity contribution < 1.29 is 24.2 Å². The van der Waals surface area contributed by atoms with Crippen LogP contribution in [0.3, 0.4) is 0 Å². The van der Waals surface area contributed by atoms with Crippen molar-refractivity contribution in [1.82, 2.24) is 5.32 Å². The number of amides is 3. The van der Waals surface area contributed by atoms with E-state index in [0.29, 0.717) is 10.8 Å². The molecule has 0 aliphatic rings. The number of carboxylic acids is 1. The van der Waals surface area contributed by atoms with E-state index in [1.54, 1.807) is 6.07 Å². The molecule has 9 heteroatoms. The molecule has 1 aromatic rings. The number of carbonyl (C=O) groups excluding carboxylic acids is 2. The minimum atomic E-state index is -1.42. The van der Waals surface area contributed by atoms with Gasteiger partial charge in [-0.25, -0.2) is 9.59 Å². The second-order valence-electron chi connectivity index (χ2n) is 4.00. The fourth-order valence-electron chi connectivity index (χ4n) is 1.50. The van der Waals surface area contributed by atoms with Gasteiger partial charge in [-0.3, -0.25) is 4.79 Å². The predicted molar refractivity (Wildman–Crippen MR) is 75.4 cm³/mol. The monoisotopic (exact) mass is 315 g/mol. The maximum absolute atomic E-state index is 11.8. The van der Waals surface area contributed by atoms with Gasteiger partial charge in [0.1, 0.15) is 11.8 Å².